The van der Waals surface area contributed by atoms with E-state index in [0.717, 1.165) is 50.7 Å². The summed E-state index contributed by atoms with van der Waals surface area (Å²) in [6, 6.07) is 6.13. The third-order valence-electron chi connectivity index (χ3n) is 7.31. The van der Waals surface area contributed by atoms with Crippen LogP contribution in [0.1, 0.15) is 68.9 Å². The van der Waals surface area contributed by atoms with E-state index in [4.69, 9.17) is 14.6 Å². The number of fused-ring (bicyclic) bond motifs is 2. The maximum Gasteiger partial charge on any atom is 0.344 e. The lowest BCUT2D eigenvalue weighted by molar-refractivity contribution is -0.146. The van der Waals surface area contributed by atoms with Gasteiger partial charge >= 0.3 is 11.9 Å². The van der Waals surface area contributed by atoms with Crippen molar-refractivity contribution >= 4 is 11.9 Å². The molecule has 1 aromatic rings. The molecule has 2 aliphatic rings. The quantitative estimate of drug-likeness (QED) is 0.220. The predicted molar refractivity (Wildman–Crippen MR) is 125 cm³/mol. The first-order valence-corrected chi connectivity index (χ1v) is 12.4. The Labute approximate surface area is 196 Å². The topological polar surface area (TPSA) is 105 Å². The lowest BCUT2D eigenvalue weighted by atomic mass is 9.74. The van der Waals surface area contributed by atoms with Crippen LogP contribution in [0.15, 0.2) is 18.2 Å². The highest BCUT2D eigenvalue weighted by Gasteiger charge is 2.39. The van der Waals surface area contributed by atoms with E-state index in [0.29, 0.717) is 30.8 Å². The standard InChI is InChI=1S/C26H39NO6/c1-27-24(28)13-12-18-10-11-20-16-22-19(15-21(18)20)7-6-8-23(22)33-17-26(31)32-14-5-3-2-4-9-25(29)30/h6-8,18,20-21,24,27-28H,2-5,9-17H2,1H3,(H,29,30). The van der Waals surface area contributed by atoms with E-state index < -0.39 is 12.2 Å². The van der Waals surface area contributed by atoms with Crippen LogP contribution in [-0.2, 0) is 27.2 Å². The Morgan fingerprint density at radius 2 is 1.97 bits per heavy atom. The normalized spacial score (nSPS) is 22.3. The largest absolute Gasteiger partial charge is 0.482 e. The average molecular weight is 462 g/mol. The van der Waals surface area contributed by atoms with Gasteiger partial charge in [-0.05, 0) is 93.4 Å². The Bertz CT molecular complexity index is 782. The summed E-state index contributed by atoms with van der Waals surface area (Å²) >= 11 is 0. The first-order chi connectivity index (χ1) is 16.0. The fourth-order valence-corrected chi connectivity index (χ4v) is 5.48. The van der Waals surface area contributed by atoms with Crippen molar-refractivity contribution in [1.29, 1.82) is 0 Å². The molecular formula is C26H39NO6. The van der Waals surface area contributed by atoms with Crippen LogP contribution in [0.3, 0.4) is 0 Å². The second kappa shape index (κ2) is 12.9. The molecular weight excluding hydrogens is 422 g/mol. The number of carboxylic acid groups (broad SMARTS) is 1. The molecule has 3 rings (SSSR count). The fraction of sp³-hybridized carbons (Fsp3) is 0.692. The van der Waals surface area contributed by atoms with Gasteiger partial charge in [0.1, 0.15) is 12.0 Å². The van der Waals surface area contributed by atoms with Crippen LogP contribution in [0.2, 0.25) is 0 Å². The maximum atomic E-state index is 12.1. The summed E-state index contributed by atoms with van der Waals surface area (Å²) in [6.45, 7) is 0.254. The van der Waals surface area contributed by atoms with Gasteiger partial charge < -0.3 is 19.7 Å². The highest BCUT2D eigenvalue weighted by Crippen LogP contribution is 2.48. The molecule has 0 aromatic heterocycles. The molecule has 0 saturated heterocycles. The zero-order valence-electron chi connectivity index (χ0n) is 19.8. The van der Waals surface area contributed by atoms with Crippen molar-refractivity contribution in [2.75, 3.05) is 20.3 Å². The summed E-state index contributed by atoms with van der Waals surface area (Å²) in [4.78, 5) is 22.6. The number of carbonyl (C=O) groups excluding carboxylic acids is 1. The van der Waals surface area contributed by atoms with Crippen LogP contribution in [0.5, 0.6) is 5.75 Å². The van der Waals surface area contributed by atoms with E-state index >= 15 is 0 Å². The smallest absolute Gasteiger partial charge is 0.344 e. The molecule has 0 spiro atoms. The molecule has 2 aliphatic carbocycles. The number of aliphatic hydroxyl groups is 1. The molecule has 1 saturated carbocycles. The van der Waals surface area contributed by atoms with Gasteiger partial charge in [0, 0.05) is 6.42 Å². The predicted octanol–water partition coefficient (Wildman–Crippen LogP) is 3.70. The van der Waals surface area contributed by atoms with Gasteiger partial charge in [0.2, 0.25) is 0 Å². The number of aliphatic carboxylic acids is 1. The third kappa shape index (κ3) is 7.71. The number of carboxylic acids is 1. The zero-order chi connectivity index (χ0) is 23.6. The van der Waals surface area contributed by atoms with Crippen molar-refractivity contribution in [2.45, 2.75) is 76.9 Å². The number of hydrogen-bond donors (Lipinski definition) is 3. The second-order valence-corrected chi connectivity index (χ2v) is 9.51. The van der Waals surface area contributed by atoms with Gasteiger partial charge in [-0.15, -0.1) is 0 Å². The number of rotatable bonds is 14. The molecule has 0 amide bonds. The number of hydrogen-bond acceptors (Lipinski definition) is 6. The second-order valence-electron chi connectivity index (χ2n) is 9.51. The highest BCUT2D eigenvalue weighted by atomic mass is 16.6. The zero-order valence-corrected chi connectivity index (χ0v) is 19.8. The van der Waals surface area contributed by atoms with Gasteiger partial charge in [-0.25, -0.2) is 4.79 Å². The minimum absolute atomic E-state index is 0.0892. The SMILES string of the molecule is CNC(O)CCC1CCC2Cc3c(cccc3OCC(=O)OCCCCCCC(=O)O)CC12. The van der Waals surface area contributed by atoms with E-state index in [-0.39, 0.29) is 19.0 Å². The molecule has 1 fully saturated rings. The molecule has 3 N–H and O–H groups in total. The van der Waals surface area contributed by atoms with Gasteiger partial charge in [-0.3, -0.25) is 10.1 Å². The van der Waals surface area contributed by atoms with Crippen molar-refractivity contribution in [3.8, 4) is 5.75 Å². The number of aliphatic hydroxyl groups excluding tert-OH is 1. The van der Waals surface area contributed by atoms with Crippen LogP contribution in [0.25, 0.3) is 0 Å². The fourth-order valence-electron chi connectivity index (χ4n) is 5.48. The monoisotopic (exact) mass is 461 g/mol. The summed E-state index contributed by atoms with van der Waals surface area (Å²) in [5.41, 5.74) is 2.56. The first-order valence-electron chi connectivity index (χ1n) is 12.4. The summed E-state index contributed by atoms with van der Waals surface area (Å²) < 4.78 is 11.1. The molecule has 0 radical (unpaired) electrons. The minimum atomic E-state index is -0.769. The van der Waals surface area contributed by atoms with Crippen molar-refractivity contribution in [2.24, 2.45) is 17.8 Å². The Balaban J connectivity index is 1.43. The number of benzene rings is 1. The third-order valence-corrected chi connectivity index (χ3v) is 7.31. The number of nitrogens with one attached hydrogen (secondary N) is 1. The molecule has 184 valence electrons. The van der Waals surface area contributed by atoms with Crippen LogP contribution in [0.4, 0.5) is 0 Å². The van der Waals surface area contributed by atoms with Gasteiger partial charge in [0.15, 0.2) is 6.61 Å². The van der Waals surface area contributed by atoms with E-state index in [1.54, 1.807) is 7.05 Å². The first kappa shape index (κ1) is 25.5. The molecule has 0 aliphatic heterocycles. The van der Waals surface area contributed by atoms with Crippen molar-refractivity contribution < 1.29 is 29.3 Å². The molecule has 7 nitrogen and oxygen atoms in total. The molecule has 1 aromatic carbocycles. The average Bonchev–Trinajstić information content (AvgIpc) is 3.20. The Kier molecular flexibility index (Phi) is 10.0. The summed E-state index contributed by atoms with van der Waals surface area (Å²) in [7, 11) is 1.79. The molecule has 0 heterocycles. The van der Waals surface area contributed by atoms with Crippen LogP contribution < -0.4 is 10.1 Å². The molecule has 0 bridgehead atoms. The van der Waals surface area contributed by atoms with Gasteiger partial charge in [-0.2, -0.15) is 0 Å². The van der Waals surface area contributed by atoms with Crippen LogP contribution in [-0.4, -0.2) is 48.6 Å². The molecule has 7 heteroatoms. The Hall–Kier alpha value is -2.12. The number of esters is 1. The Morgan fingerprint density at radius 1 is 1.15 bits per heavy atom. The van der Waals surface area contributed by atoms with Gasteiger partial charge in [0.25, 0.3) is 0 Å². The summed E-state index contributed by atoms with van der Waals surface area (Å²) in [6.07, 6.45) is 9.18. The summed E-state index contributed by atoms with van der Waals surface area (Å²) in [5.74, 6) is 1.63. The minimum Gasteiger partial charge on any atom is -0.482 e. The van der Waals surface area contributed by atoms with E-state index in [1.165, 1.54) is 24.0 Å². The Morgan fingerprint density at radius 3 is 2.76 bits per heavy atom. The van der Waals surface area contributed by atoms with Gasteiger partial charge in [-0.1, -0.05) is 25.0 Å². The van der Waals surface area contributed by atoms with Crippen LogP contribution >= 0.6 is 0 Å². The lowest BCUT2D eigenvalue weighted by Gasteiger charge is -2.32. The highest BCUT2D eigenvalue weighted by molar-refractivity contribution is 5.71. The van der Waals surface area contributed by atoms with Gasteiger partial charge in [0.05, 0.1) is 6.61 Å². The molecule has 4 atom stereocenters. The molecule has 33 heavy (non-hydrogen) atoms. The van der Waals surface area contributed by atoms with Crippen molar-refractivity contribution in [3.63, 3.8) is 0 Å². The number of carbonyl (C=O) groups is 2. The lowest BCUT2D eigenvalue weighted by Crippen LogP contribution is -2.28. The van der Waals surface area contributed by atoms with Crippen LogP contribution in [0, 0.1) is 17.8 Å². The van der Waals surface area contributed by atoms with Crippen molar-refractivity contribution in [3.05, 3.63) is 29.3 Å². The number of unbranched alkanes of at least 4 members (excludes halogenated alkanes) is 3. The molecule has 4 unspecified atom stereocenters. The van der Waals surface area contributed by atoms with E-state index in [1.807, 2.05) is 12.1 Å². The van der Waals surface area contributed by atoms with Crippen molar-refractivity contribution in [1.82, 2.24) is 5.32 Å². The maximum absolute atomic E-state index is 12.1. The number of ether oxygens (including phenoxy) is 2. The van der Waals surface area contributed by atoms with E-state index in [9.17, 15) is 14.7 Å². The van der Waals surface area contributed by atoms with E-state index in [2.05, 4.69) is 11.4 Å². The summed E-state index contributed by atoms with van der Waals surface area (Å²) in [5, 5.41) is 21.4.